The van der Waals surface area contributed by atoms with E-state index in [1.165, 1.54) is 19.3 Å². The highest BCUT2D eigenvalue weighted by atomic mass is 32.1. The van der Waals surface area contributed by atoms with Crippen molar-refractivity contribution in [2.24, 2.45) is 0 Å². The highest BCUT2D eigenvalue weighted by molar-refractivity contribution is 7.80. The van der Waals surface area contributed by atoms with Gasteiger partial charge in [0.2, 0.25) is 0 Å². The van der Waals surface area contributed by atoms with E-state index in [0.717, 1.165) is 13.0 Å². The van der Waals surface area contributed by atoms with E-state index in [2.05, 4.69) is 31.8 Å². The van der Waals surface area contributed by atoms with Gasteiger partial charge in [0.25, 0.3) is 0 Å². The largest absolute Gasteiger partial charge is 0.306 e. The van der Waals surface area contributed by atoms with Crippen molar-refractivity contribution in [2.45, 2.75) is 44.9 Å². The van der Waals surface area contributed by atoms with Gasteiger partial charge in [-0.2, -0.15) is 12.6 Å². The van der Waals surface area contributed by atoms with Crippen molar-refractivity contribution in [2.75, 3.05) is 6.54 Å². The molecule has 2 heteroatoms. The van der Waals surface area contributed by atoms with Crippen molar-refractivity contribution in [3.8, 4) is 0 Å². The Kier molecular flexibility index (Phi) is 7.65. The average molecular weight is 161 g/mol. The van der Waals surface area contributed by atoms with Crippen LogP contribution in [0.25, 0.3) is 0 Å². The molecule has 62 valence electrons. The molecule has 0 saturated heterocycles. The quantitative estimate of drug-likeness (QED) is 0.346. The Morgan fingerprint density at radius 3 is 2.50 bits per heavy atom. The third-order valence-corrected chi connectivity index (χ3v) is 2.09. The lowest BCUT2D eigenvalue weighted by molar-refractivity contribution is 0.588. The van der Waals surface area contributed by atoms with Gasteiger partial charge in [0.15, 0.2) is 0 Å². The third kappa shape index (κ3) is 6.43. The molecule has 0 amide bonds. The summed E-state index contributed by atoms with van der Waals surface area (Å²) in [4.78, 5) is 0. The van der Waals surface area contributed by atoms with Crippen molar-refractivity contribution >= 4 is 12.6 Å². The van der Waals surface area contributed by atoms with Gasteiger partial charge in [-0.1, -0.05) is 26.7 Å². The standard InChI is InChI=1S/C8H19NS/c1-3-5-6-7-9-8(10)4-2/h8-10H,3-7H2,1-2H3. The van der Waals surface area contributed by atoms with Crippen LogP contribution in [0.15, 0.2) is 0 Å². The number of thiol groups is 1. The zero-order valence-electron chi connectivity index (χ0n) is 7.06. The molecule has 0 aromatic rings. The Hall–Kier alpha value is 0.310. The molecule has 0 aliphatic carbocycles. The second kappa shape index (κ2) is 7.42. The molecule has 10 heavy (non-hydrogen) atoms. The van der Waals surface area contributed by atoms with Gasteiger partial charge < -0.3 is 5.32 Å². The number of rotatable bonds is 6. The molecule has 0 aliphatic heterocycles. The van der Waals surface area contributed by atoms with E-state index in [1.54, 1.807) is 0 Å². The summed E-state index contributed by atoms with van der Waals surface area (Å²) in [6.45, 7) is 5.48. The van der Waals surface area contributed by atoms with E-state index in [-0.39, 0.29) is 0 Å². The summed E-state index contributed by atoms with van der Waals surface area (Å²) in [6, 6.07) is 0. The maximum Gasteiger partial charge on any atom is 0.0499 e. The Labute approximate surface area is 70.0 Å². The van der Waals surface area contributed by atoms with Gasteiger partial charge >= 0.3 is 0 Å². The molecule has 0 radical (unpaired) electrons. The Morgan fingerprint density at radius 2 is 2.00 bits per heavy atom. The number of nitrogens with one attached hydrogen (secondary N) is 1. The topological polar surface area (TPSA) is 12.0 Å². The summed E-state index contributed by atoms with van der Waals surface area (Å²) in [6.07, 6.45) is 5.02. The predicted molar refractivity (Wildman–Crippen MR) is 50.6 cm³/mol. The minimum Gasteiger partial charge on any atom is -0.306 e. The molecule has 1 nitrogen and oxygen atoms in total. The summed E-state index contributed by atoms with van der Waals surface area (Å²) in [7, 11) is 0. The van der Waals surface area contributed by atoms with Gasteiger partial charge in [0.05, 0.1) is 0 Å². The molecule has 1 N–H and O–H groups in total. The monoisotopic (exact) mass is 161 g/mol. The summed E-state index contributed by atoms with van der Waals surface area (Å²) in [5.41, 5.74) is 0. The van der Waals surface area contributed by atoms with Gasteiger partial charge in [-0.3, -0.25) is 0 Å². The van der Waals surface area contributed by atoms with Crippen LogP contribution in [0, 0.1) is 0 Å². The minimum absolute atomic E-state index is 0.400. The number of hydrogen-bond donors (Lipinski definition) is 2. The second-order valence-corrected chi connectivity index (χ2v) is 3.21. The van der Waals surface area contributed by atoms with Crippen molar-refractivity contribution in [3.05, 3.63) is 0 Å². The van der Waals surface area contributed by atoms with Crippen molar-refractivity contribution in [1.29, 1.82) is 0 Å². The lowest BCUT2D eigenvalue weighted by atomic mass is 10.2. The average Bonchev–Trinajstić information content (AvgIpc) is 1.98. The molecule has 0 heterocycles. The normalized spacial score (nSPS) is 13.5. The maximum absolute atomic E-state index is 4.32. The van der Waals surface area contributed by atoms with Gasteiger partial charge in [0, 0.05) is 5.37 Å². The van der Waals surface area contributed by atoms with E-state index in [1.807, 2.05) is 0 Å². The van der Waals surface area contributed by atoms with E-state index in [0.29, 0.717) is 5.37 Å². The zero-order valence-corrected chi connectivity index (χ0v) is 7.95. The smallest absolute Gasteiger partial charge is 0.0499 e. The summed E-state index contributed by atoms with van der Waals surface area (Å²) >= 11 is 4.32. The lowest BCUT2D eigenvalue weighted by Crippen LogP contribution is -2.23. The second-order valence-electron chi connectivity index (χ2n) is 2.59. The van der Waals surface area contributed by atoms with E-state index in [4.69, 9.17) is 0 Å². The SMILES string of the molecule is CCCCCNC(S)CC. The van der Waals surface area contributed by atoms with Crippen LogP contribution in [0.4, 0.5) is 0 Å². The molecule has 0 aromatic carbocycles. The van der Waals surface area contributed by atoms with Gasteiger partial charge in [0.1, 0.15) is 0 Å². The van der Waals surface area contributed by atoms with E-state index in [9.17, 15) is 0 Å². The molecule has 1 unspecified atom stereocenters. The first-order chi connectivity index (χ1) is 4.81. The molecule has 0 rings (SSSR count). The molecular formula is C8H19NS. The first-order valence-electron chi connectivity index (χ1n) is 4.22. The van der Waals surface area contributed by atoms with Crippen LogP contribution < -0.4 is 5.32 Å². The van der Waals surface area contributed by atoms with Crippen LogP contribution in [0.2, 0.25) is 0 Å². The molecule has 0 bridgehead atoms. The van der Waals surface area contributed by atoms with Crippen LogP contribution in [0.5, 0.6) is 0 Å². The summed E-state index contributed by atoms with van der Waals surface area (Å²) in [5, 5.41) is 3.73. The fourth-order valence-corrected chi connectivity index (χ4v) is 0.917. The Balaban J connectivity index is 2.89. The van der Waals surface area contributed by atoms with Crippen molar-refractivity contribution < 1.29 is 0 Å². The molecule has 0 aliphatic rings. The van der Waals surface area contributed by atoms with Crippen LogP contribution in [0.3, 0.4) is 0 Å². The fraction of sp³-hybridized carbons (Fsp3) is 1.00. The van der Waals surface area contributed by atoms with Crippen molar-refractivity contribution in [3.63, 3.8) is 0 Å². The van der Waals surface area contributed by atoms with Crippen LogP contribution >= 0.6 is 12.6 Å². The van der Waals surface area contributed by atoms with E-state index >= 15 is 0 Å². The lowest BCUT2D eigenvalue weighted by Gasteiger charge is -2.08. The molecule has 0 fully saturated rings. The number of unbranched alkanes of at least 4 members (excludes halogenated alkanes) is 2. The molecule has 0 saturated carbocycles. The summed E-state index contributed by atoms with van der Waals surface area (Å²) in [5.74, 6) is 0. The first-order valence-corrected chi connectivity index (χ1v) is 4.74. The van der Waals surface area contributed by atoms with Gasteiger partial charge in [-0.25, -0.2) is 0 Å². The van der Waals surface area contributed by atoms with E-state index < -0.39 is 0 Å². The summed E-state index contributed by atoms with van der Waals surface area (Å²) < 4.78 is 0. The fourth-order valence-electron chi connectivity index (χ4n) is 0.788. The maximum atomic E-state index is 4.32. The molecule has 0 spiro atoms. The molecule has 1 atom stereocenters. The van der Waals surface area contributed by atoms with Gasteiger partial charge in [-0.05, 0) is 19.4 Å². The highest BCUT2D eigenvalue weighted by Crippen LogP contribution is 1.97. The van der Waals surface area contributed by atoms with Crippen molar-refractivity contribution in [1.82, 2.24) is 5.32 Å². The van der Waals surface area contributed by atoms with Crippen LogP contribution in [-0.4, -0.2) is 11.9 Å². The number of hydrogen-bond acceptors (Lipinski definition) is 2. The first kappa shape index (κ1) is 10.3. The Bertz CT molecular complexity index is 66.3. The van der Waals surface area contributed by atoms with Crippen LogP contribution in [0.1, 0.15) is 39.5 Å². The molecule has 0 aromatic heterocycles. The highest BCUT2D eigenvalue weighted by Gasteiger charge is 1.95. The third-order valence-electron chi connectivity index (χ3n) is 1.55. The zero-order chi connectivity index (χ0) is 7.82. The Morgan fingerprint density at radius 1 is 1.30 bits per heavy atom. The van der Waals surface area contributed by atoms with Gasteiger partial charge in [-0.15, -0.1) is 0 Å². The minimum atomic E-state index is 0.400. The predicted octanol–water partition coefficient (Wildman–Crippen LogP) is 2.43. The van der Waals surface area contributed by atoms with Crippen LogP contribution in [-0.2, 0) is 0 Å². The molecular weight excluding hydrogens is 142 g/mol.